The van der Waals surface area contributed by atoms with Crippen molar-refractivity contribution >= 4 is 17.7 Å². The summed E-state index contributed by atoms with van der Waals surface area (Å²) in [6.07, 6.45) is -0.824. The van der Waals surface area contributed by atoms with Crippen LogP contribution in [-0.4, -0.2) is 17.6 Å². The van der Waals surface area contributed by atoms with Crippen LogP contribution in [0, 0.1) is 11.6 Å². The van der Waals surface area contributed by atoms with E-state index in [-0.39, 0.29) is 5.69 Å². The van der Waals surface area contributed by atoms with E-state index in [0.29, 0.717) is 11.1 Å². The minimum absolute atomic E-state index is 0.273. The van der Waals surface area contributed by atoms with Gasteiger partial charge in [0.1, 0.15) is 17.2 Å². The number of amides is 2. The topological polar surface area (TPSA) is 46.6 Å². The van der Waals surface area contributed by atoms with Crippen LogP contribution in [0.4, 0.5) is 19.3 Å². The van der Waals surface area contributed by atoms with Gasteiger partial charge in [-0.3, -0.25) is 4.79 Å². The zero-order chi connectivity index (χ0) is 18.4. The Hall–Kier alpha value is -2.76. The Bertz CT molecular complexity index is 841. The second-order valence-electron chi connectivity index (χ2n) is 6.84. The molecule has 1 heterocycles. The van der Waals surface area contributed by atoms with E-state index in [1.165, 1.54) is 42.5 Å². The maximum atomic E-state index is 13.7. The van der Waals surface area contributed by atoms with Crippen molar-refractivity contribution in [2.24, 2.45) is 0 Å². The van der Waals surface area contributed by atoms with E-state index in [9.17, 15) is 18.4 Å². The first-order chi connectivity index (χ1) is 11.7. The van der Waals surface area contributed by atoms with Gasteiger partial charge in [-0.1, -0.05) is 12.1 Å². The fourth-order valence-electron chi connectivity index (χ4n) is 2.81. The van der Waals surface area contributed by atoms with Gasteiger partial charge in [0, 0.05) is 0 Å². The number of ether oxygens (including phenoxy) is 1. The lowest BCUT2D eigenvalue weighted by Gasteiger charge is -2.24. The minimum atomic E-state index is -0.890. The summed E-state index contributed by atoms with van der Waals surface area (Å²) in [4.78, 5) is 26.3. The summed E-state index contributed by atoms with van der Waals surface area (Å²) in [5, 5.41) is 0. The predicted octanol–water partition coefficient (Wildman–Crippen LogP) is 4.38. The Labute approximate surface area is 144 Å². The van der Waals surface area contributed by atoms with Gasteiger partial charge in [0.2, 0.25) is 5.91 Å². The molecule has 0 bridgehead atoms. The molecule has 1 aliphatic rings. The Kier molecular flexibility index (Phi) is 4.06. The summed E-state index contributed by atoms with van der Waals surface area (Å²) in [7, 11) is 0. The maximum Gasteiger partial charge on any atom is 0.421 e. The number of benzene rings is 2. The highest BCUT2D eigenvalue weighted by atomic mass is 19.1. The summed E-state index contributed by atoms with van der Waals surface area (Å²) >= 11 is 0. The number of hydrogen-bond donors (Lipinski definition) is 0. The minimum Gasteiger partial charge on any atom is -0.443 e. The van der Waals surface area contributed by atoms with E-state index in [4.69, 9.17) is 4.74 Å². The normalized spacial score (nSPS) is 16.8. The zero-order valence-electron chi connectivity index (χ0n) is 14.0. The molecule has 0 aromatic heterocycles. The van der Waals surface area contributed by atoms with Crippen molar-refractivity contribution in [3.05, 3.63) is 65.2 Å². The fourth-order valence-corrected chi connectivity index (χ4v) is 2.81. The van der Waals surface area contributed by atoms with Crippen LogP contribution >= 0.6 is 0 Å². The van der Waals surface area contributed by atoms with Crippen molar-refractivity contribution < 1.29 is 23.1 Å². The first-order valence-corrected chi connectivity index (χ1v) is 7.79. The summed E-state index contributed by atoms with van der Waals surface area (Å²) in [6, 6.07) is 9.10. The third kappa shape index (κ3) is 3.24. The smallest absolute Gasteiger partial charge is 0.421 e. The standard InChI is InChI=1S/C19H17F2NO3/c1-19(2,3)25-18(24)22-15-9-8-13(21)10-14(15)16(17(22)23)11-4-6-12(20)7-5-11/h4-10,16H,1-3H3. The van der Waals surface area contributed by atoms with Crippen LogP contribution in [0.3, 0.4) is 0 Å². The number of nitrogens with zero attached hydrogens (tertiary/aromatic N) is 1. The predicted molar refractivity (Wildman–Crippen MR) is 88.4 cm³/mol. The van der Waals surface area contributed by atoms with E-state index in [0.717, 1.165) is 4.90 Å². The molecule has 0 radical (unpaired) electrons. The number of fused-ring (bicyclic) bond motifs is 1. The molecule has 0 aliphatic carbocycles. The van der Waals surface area contributed by atoms with E-state index < -0.39 is 35.2 Å². The molecular weight excluding hydrogens is 328 g/mol. The molecule has 0 fully saturated rings. The Morgan fingerprint density at radius 2 is 1.64 bits per heavy atom. The number of carbonyl (C=O) groups excluding carboxylic acids is 2. The number of carbonyl (C=O) groups is 2. The van der Waals surface area contributed by atoms with Crippen molar-refractivity contribution in [1.82, 2.24) is 0 Å². The molecular formula is C19H17F2NO3. The molecule has 2 amide bonds. The van der Waals surface area contributed by atoms with Crippen molar-refractivity contribution in [3.8, 4) is 0 Å². The van der Waals surface area contributed by atoms with E-state index in [1.54, 1.807) is 20.8 Å². The lowest BCUT2D eigenvalue weighted by molar-refractivity contribution is -0.118. The van der Waals surface area contributed by atoms with Crippen molar-refractivity contribution in [2.45, 2.75) is 32.3 Å². The van der Waals surface area contributed by atoms with Gasteiger partial charge in [-0.25, -0.2) is 18.5 Å². The average molecular weight is 345 g/mol. The molecule has 4 nitrogen and oxygen atoms in total. The van der Waals surface area contributed by atoms with Crippen LogP contribution in [-0.2, 0) is 9.53 Å². The largest absolute Gasteiger partial charge is 0.443 e. The third-order valence-electron chi connectivity index (χ3n) is 3.79. The molecule has 1 unspecified atom stereocenters. The van der Waals surface area contributed by atoms with Gasteiger partial charge in [-0.2, -0.15) is 0 Å². The molecule has 1 atom stereocenters. The molecule has 1 aliphatic heterocycles. The van der Waals surface area contributed by atoms with Crippen LogP contribution in [0.25, 0.3) is 0 Å². The molecule has 0 spiro atoms. The van der Waals surface area contributed by atoms with Crippen molar-refractivity contribution in [3.63, 3.8) is 0 Å². The highest BCUT2D eigenvalue weighted by molar-refractivity contribution is 6.20. The van der Waals surface area contributed by atoms with E-state index in [1.807, 2.05) is 0 Å². The first kappa shape index (κ1) is 17.1. The summed E-state index contributed by atoms with van der Waals surface area (Å²) in [6.45, 7) is 5.07. The van der Waals surface area contributed by atoms with Crippen molar-refractivity contribution in [1.29, 1.82) is 0 Å². The van der Waals surface area contributed by atoms with Crippen LogP contribution in [0.15, 0.2) is 42.5 Å². The molecule has 2 aromatic carbocycles. The SMILES string of the molecule is CC(C)(C)OC(=O)N1C(=O)C(c2ccc(F)cc2)c2cc(F)ccc21. The number of rotatable bonds is 1. The summed E-state index contributed by atoms with van der Waals surface area (Å²) < 4.78 is 32.2. The Morgan fingerprint density at radius 3 is 2.24 bits per heavy atom. The Balaban J connectivity index is 2.08. The number of anilines is 1. The molecule has 25 heavy (non-hydrogen) atoms. The van der Waals surface area contributed by atoms with Gasteiger partial charge < -0.3 is 4.74 Å². The van der Waals surface area contributed by atoms with Gasteiger partial charge >= 0.3 is 6.09 Å². The van der Waals surface area contributed by atoms with Crippen LogP contribution in [0.1, 0.15) is 37.8 Å². The third-order valence-corrected chi connectivity index (χ3v) is 3.79. The quantitative estimate of drug-likeness (QED) is 0.771. The maximum absolute atomic E-state index is 13.7. The van der Waals surface area contributed by atoms with E-state index in [2.05, 4.69) is 0 Å². The van der Waals surface area contributed by atoms with E-state index >= 15 is 0 Å². The molecule has 3 rings (SSSR count). The molecule has 2 aromatic rings. The zero-order valence-corrected chi connectivity index (χ0v) is 14.0. The molecule has 0 saturated heterocycles. The first-order valence-electron chi connectivity index (χ1n) is 7.79. The van der Waals surface area contributed by atoms with Crippen LogP contribution in [0.2, 0.25) is 0 Å². The van der Waals surface area contributed by atoms with Crippen molar-refractivity contribution in [2.75, 3.05) is 4.90 Å². The fraction of sp³-hybridized carbons (Fsp3) is 0.263. The lowest BCUT2D eigenvalue weighted by atomic mass is 9.92. The lowest BCUT2D eigenvalue weighted by Crippen LogP contribution is -2.39. The number of halogens is 2. The summed E-state index contributed by atoms with van der Waals surface area (Å²) in [5.41, 5.74) is 0.313. The summed E-state index contributed by atoms with van der Waals surface area (Å²) in [5.74, 6) is -2.41. The highest BCUT2D eigenvalue weighted by Gasteiger charge is 2.43. The highest BCUT2D eigenvalue weighted by Crippen LogP contribution is 2.42. The number of hydrogen-bond acceptors (Lipinski definition) is 3. The van der Waals surface area contributed by atoms with Gasteiger partial charge in [0.05, 0.1) is 11.6 Å². The van der Waals surface area contributed by atoms with Gasteiger partial charge in [-0.05, 0) is 62.2 Å². The second kappa shape index (κ2) is 5.95. The van der Waals surface area contributed by atoms with Gasteiger partial charge in [-0.15, -0.1) is 0 Å². The van der Waals surface area contributed by atoms with Gasteiger partial charge in [0.25, 0.3) is 0 Å². The Morgan fingerprint density at radius 1 is 1.04 bits per heavy atom. The molecule has 0 saturated carbocycles. The second-order valence-corrected chi connectivity index (χ2v) is 6.84. The van der Waals surface area contributed by atoms with Gasteiger partial charge in [0.15, 0.2) is 0 Å². The van der Waals surface area contributed by atoms with Crippen LogP contribution in [0.5, 0.6) is 0 Å². The van der Waals surface area contributed by atoms with Crippen LogP contribution < -0.4 is 4.90 Å². The average Bonchev–Trinajstić information content (AvgIpc) is 2.78. The molecule has 6 heteroatoms. The molecule has 130 valence electrons. The number of imide groups is 1. The molecule has 0 N–H and O–H groups in total. The monoisotopic (exact) mass is 345 g/mol.